The molecule has 2 aliphatic rings. The molecule has 2 aliphatic heterocycles. The Hall–Kier alpha value is -0.670. The van der Waals surface area contributed by atoms with Crippen molar-refractivity contribution in [3.8, 4) is 5.75 Å². The monoisotopic (exact) mass is 249 g/mol. The molecule has 3 rings (SSSR count). The molecule has 0 bridgehead atoms. The van der Waals surface area contributed by atoms with Crippen LogP contribution in [0.3, 0.4) is 0 Å². The zero-order chi connectivity index (χ0) is 12.0. The van der Waals surface area contributed by atoms with Crippen LogP contribution in [0, 0.1) is 6.92 Å². The molecule has 1 aromatic carbocycles. The molecule has 1 saturated heterocycles. The standard InChI is InChI=1S/C14H19NOS/c1-9-3-4-13-11(7-9)12(15)8-14(16-13)5-6-17-10(14)2/h3-4,7,10,12H,5-6,8,15H2,1-2H3. The fraction of sp³-hybridized carbons (Fsp3) is 0.571. The van der Waals surface area contributed by atoms with Crippen LogP contribution >= 0.6 is 11.8 Å². The van der Waals surface area contributed by atoms with Gasteiger partial charge < -0.3 is 10.5 Å². The zero-order valence-corrected chi connectivity index (χ0v) is 11.2. The van der Waals surface area contributed by atoms with Crippen molar-refractivity contribution in [2.45, 2.75) is 43.6 Å². The van der Waals surface area contributed by atoms with Gasteiger partial charge >= 0.3 is 0 Å². The number of benzene rings is 1. The molecule has 17 heavy (non-hydrogen) atoms. The van der Waals surface area contributed by atoms with Gasteiger partial charge in [-0.3, -0.25) is 0 Å². The van der Waals surface area contributed by atoms with Gasteiger partial charge in [-0.1, -0.05) is 17.7 Å². The summed E-state index contributed by atoms with van der Waals surface area (Å²) in [6.07, 6.45) is 2.08. The fourth-order valence-electron chi connectivity index (χ4n) is 2.96. The largest absolute Gasteiger partial charge is 0.486 e. The van der Waals surface area contributed by atoms with Gasteiger partial charge in [0.15, 0.2) is 0 Å². The third kappa shape index (κ3) is 1.76. The first-order chi connectivity index (χ1) is 8.11. The van der Waals surface area contributed by atoms with E-state index >= 15 is 0 Å². The first-order valence-corrected chi connectivity index (χ1v) is 7.32. The highest BCUT2D eigenvalue weighted by atomic mass is 32.2. The molecule has 0 amide bonds. The highest BCUT2D eigenvalue weighted by Crippen LogP contribution is 2.48. The van der Waals surface area contributed by atoms with Crippen LogP contribution in [0.25, 0.3) is 0 Å². The van der Waals surface area contributed by atoms with Crippen LogP contribution in [-0.2, 0) is 0 Å². The minimum Gasteiger partial charge on any atom is -0.486 e. The van der Waals surface area contributed by atoms with Gasteiger partial charge in [0.1, 0.15) is 11.4 Å². The van der Waals surface area contributed by atoms with E-state index in [2.05, 4.69) is 32.0 Å². The number of hydrogen-bond acceptors (Lipinski definition) is 3. The van der Waals surface area contributed by atoms with E-state index < -0.39 is 0 Å². The number of rotatable bonds is 0. The maximum atomic E-state index is 6.34. The summed E-state index contributed by atoms with van der Waals surface area (Å²) < 4.78 is 6.32. The molecule has 0 saturated carbocycles. The molecule has 0 radical (unpaired) electrons. The molecule has 0 aliphatic carbocycles. The minimum atomic E-state index is -0.0215. The summed E-state index contributed by atoms with van der Waals surface area (Å²) >= 11 is 2.00. The Bertz CT molecular complexity index is 448. The van der Waals surface area contributed by atoms with E-state index in [1.807, 2.05) is 11.8 Å². The average molecular weight is 249 g/mol. The lowest BCUT2D eigenvalue weighted by Crippen LogP contribution is -2.47. The van der Waals surface area contributed by atoms with Crippen LogP contribution in [0.5, 0.6) is 5.75 Å². The molecule has 2 nitrogen and oxygen atoms in total. The molecule has 3 unspecified atom stereocenters. The van der Waals surface area contributed by atoms with Crippen LogP contribution in [-0.4, -0.2) is 16.6 Å². The first-order valence-electron chi connectivity index (χ1n) is 6.27. The zero-order valence-electron chi connectivity index (χ0n) is 10.4. The van der Waals surface area contributed by atoms with Crippen molar-refractivity contribution in [1.82, 2.24) is 0 Å². The lowest BCUT2D eigenvalue weighted by Gasteiger charge is -2.41. The number of thioether (sulfide) groups is 1. The molecule has 3 atom stereocenters. The molecule has 3 heteroatoms. The van der Waals surface area contributed by atoms with Gasteiger partial charge in [-0.25, -0.2) is 0 Å². The Balaban J connectivity index is 2.01. The molecule has 1 spiro atoms. The van der Waals surface area contributed by atoms with E-state index in [4.69, 9.17) is 10.5 Å². The molecule has 1 fully saturated rings. The fourth-order valence-corrected chi connectivity index (χ4v) is 4.34. The maximum absolute atomic E-state index is 6.34. The normalized spacial score (nSPS) is 35.7. The summed E-state index contributed by atoms with van der Waals surface area (Å²) in [5.74, 6) is 2.19. The summed E-state index contributed by atoms with van der Waals surface area (Å²) in [5.41, 5.74) is 8.76. The van der Waals surface area contributed by atoms with E-state index in [0.717, 1.165) is 18.6 Å². The van der Waals surface area contributed by atoms with Gasteiger partial charge in [-0.05, 0) is 32.1 Å². The molecule has 92 valence electrons. The lowest BCUT2D eigenvalue weighted by atomic mass is 9.83. The van der Waals surface area contributed by atoms with Gasteiger partial charge in [0, 0.05) is 23.3 Å². The van der Waals surface area contributed by atoms with Crippen molar-refractivity contribution in [1.29, 1.82) is 0 Å². The summed E-state index contributed by atoms with van der Waals surface area (Å²) in [7, 11) is 0. The molecule has 1 aromatic rings. The second kappa shape index (κ2) is 3.92. The summed E-state index contributed by atoms with van der Waals surface area (Å²) in [6.45, 7) is 4.37. The van der Waals surface area contributed by atoms with Crippen LogP contribution < -0.4 is 10.5 Å². The Labute approximate surface area is 107 Å². The number of aryl methyl sites for hydroxylation is 1. The highest BCUT2D eigenvalue weighted by Gasteiger charge is 2.47. The van der Waals surface area contributed by atoms with Gasteiger partial charge in [0.25, 0.3) is 0 Å². The predicted molar refractivity (Wildman–Crippen MR) is 72.6 cm³/mol. The van der Waals surface area contributed by atoms with Crippen molar-refractivity contribution in [3.63, 3.8) is 0 Å². The lowest BCUT2D eigenvalue weighted by molar-refractivity contribution is 0.0410. The predicted octanol–water partition coefficient (Wildman–Crippen LogP) is 3.04. The van der Waals surface area contributed by atoms with Crippen LogP contribution in [0.4, 0.5) is 0 Å². The SMILES string of the molecule is Cc1ccc2c(c1)C(N)CC1(CCSC1C)O2. The number of ether oxygens (including phenoxy) is 1. The summed E-state index contributed by atoms with van der Waals surface area (Å²) in [4.78, 5) is 0. The third-order valence-corrected chi connectivity index (χ3v) is 5.45. The maximum Gasteiger partial charge on any atom is 0.124 e. The number of nitrogens with two attached hydrogens (primary N) is 1. The Morgan fingerprint density at radius 2 is 2.29 bits per heavy atom. The van der Waals surface area contributed by atoms with Gasteiger partial charge in [-0.15, -0.1) is 0 Å². The number of hydrogen-bond donors (Lipinski definition) is 1. The molecular formula is C14H19NOS. The van der Waals surface area contributed by atoms with Crippen molar-refractivity contribution in [2.24, 2.45) is 5.73 Å². The second-order valence-electron chi connectivity index (χ2n) is 5.28. The smallest absolute Gasteiger partial charge is 0.124 e. The summed E-state index contributed by atoms with van der Waals surface area (Å²) in [6, 6.07) is 6.48. The Morgan fingerprint density at radius 3 is 3.00 bits per heavy atom. The van der Waals surface area contributed by atoms with E-state index in [-0.39, 0.29) is 11.6 Å². The topological polar surface area (TPSA) is 35.2 Å². The molecular weight excluding hydrogens is 230 g/mol. The van der Waals surface area contributed by atoms with Crippen LogP contribution in [0.15, 0.2) is 18.2 Å². The van der Waals surface area contributed by atoms with Crippen molar-refractivity contribution in [2.75, 3.05) is 5.75 Å². The molecule has 2 N–H and O–H groups in total. The Morgan fingerprint density at radius 1 is 1.47 bits per heavy atom. The quantitative estimate of drug-likeness (QED) is 0.767. The summed E-state index contributed by atoms with van der Waals surface area (Å²) in [5, 5.41) is 0.544. The van der Waals surface area contributed by atoms with Crippen molar-refractivity contribution >= 4 is 11.8 Å². The van der Waals surface area contributed by atoms with E-state index in [0.29, 0.717) is 5.25 Å². The molecule has 0 aromatic heterocycles. The first kappa shape index (κ1) is 11.4. The van der Waals surface area contributed by atoms with Crippen LogP contribution in [0.1, 0.15) is 36.9 Å². The average Bonchev–Trinajstić information content (AvgIpc) is 2.62. The van der Waals surface area contributed by atoms with Gasteiger partial charge in [0.05, 0.1) is 0 Å². The van der Waals surface area contributed by atoms with E-state index in [9.17, 15) is 0 Å². The van der Waals surface area contributed by atoms with E-state index in [1.165, 1.54) is 16.9 Å². The van der Waals surface area contributed by atoms with Crippen molar-refractivity contribution in [3.05, 3.63) is 29.3 Å². The highest BCUT2D eigenvalue weighted by molar-refractivity contribution is 8.00. The van der Waals surface area contributed by atoms with E-state index in [1.54, 1.807) is 0 Å². The Kier molecular flexibility index (Phi) is 2.64. The number of fused-ring (bicyclic) bond motifs is 1. The minimum absolute atomic E-state index is 0.0215. The van der Waals surface area contributed by atoms with Gasteiger partial charge in [-0.2, -0.15) is 11.8 Å². The second-order valence-corrected chi connectivity index (χ2v) is 6.73. The third-order valence-electron chi connectivity index (χ3n) is 4.08. The van der Waals surface area contributed by atoms with Crippen molar-refractivity contribution < 1.29 is 4.74 Å². The van der Waals surface area contributed by atoms with Gasteiger partial charge in [0.2, 0.25) is 0 Å². The molecule has 2 heterocycles. The van der Waals surface area contributed by atoms with Crippen LogP contribution in [0.2, 0.25) is 0 Å².